The Morgan fingerprint density at radius 3 is 2.68 bits per heavy atom. The second-order valence-corrected chi connectivity index (χ2v) is 7.84. The third kappa shape index (κ3) is 3.06. The largest absolute Gasteiger partial charge is 0.383 e. The number of pyridine rings is 2. The lowest BCUT2D eigenvalue weighted by Crippen LogP contribution is -2.47. The lowest BCUT2D eigenvalue weighted by Gasteiger charge is -2.42. The van der Waals surface area contributed by atoms with Crippen molar-refractivity contribution in [1.82, 2.24) is 25.0 Å². The zero-order chi connectivity index (χ0) is 21.4. The minimum atomic E-state index is -0.521. The smallest absolute Gasteiger partial charge is 0.131 e. The van der Waals surface area contributed by atoms with Gasteiger partial charge in [0, 0.05) is 28.9 Å². The number of aromatic nitrogens is 5. The van der Waals surface area contributed by atoms with Gasteiger partial charge in [-0.25, -0.2) is 4.98 Å². The van der Waals surface area contributed by atoms with Gasteiger partial charge in [0.2, 0.25) is 0 Å². The van der Waals surface area contributed by atoms with Gasteiger partial charge in [-0.1, -0.05) is 6.07 Å². The van der Waals surface area contributed by atoms with Gasteiger partial charge >= 0.3 is 0 Å². The summed E-state index contributed by atoms with van der Waals surface area (Å²) in [5, 5.41) is 28.7. The number of hydrogen-bond acceptors (Lipinski definition) is 7. The molecule has 1 fully saturated rings. The van der Waals surface area contributed by atoms with E-state index in [0.29, 0.717) is 24.4 Å². The van der Waals surface area contributed by atoms with Crippen molar-refractivity contribution in [3.05, 3.63) is 55.0 Å². The molecule has 1 saturated carbocycles. The zero-order valence-electron chi connectivity index (χ0n) is 16.6. The van der Waals surface area contributed by atoms with Crippen LogP contribution < -0.4 is 5.73 Å². The maximum Gasteiger partial charge on any atom is 0.131 e. The molecule has 8 nitrogen and oxygen atoms in total. The van der Waals surface area contributed by atoms with E-state index in [2.05, 4.69) is 27.2 Å². The predicted molar refractivity (Wildman–Crippen MR) is 115 cm³/mol. The molecule has 8 heteroatoms. The predicted octanol–water partition coefficient (Wildman–Crippen LogP) is 3.68. The normalized spacial score (nSPS) is 20.0. The molecule has 0 amide bonds. The van der Waals surface area contributed by atoms with Gasteiger partial charge in [0.15, 0.2) is 0 Å². The van der Waals surface area contributed by atoms with Crippen LogP contribution in [0.4, 0.5) is 5.82 Å². The molecule has 5 rings (SSSR count). The van der Waals surface area contributed by atoms with Crippen molar-refractivity contribution in [1.29, 1.82) is 10.5 Å². The van der Waals surface area contributed by atoms with Crippen LogP contribution in [0.15, 0.2) is 55.0 Å². The number of benzene rings is 1. The standard InChI is InChI=1S/C23H18N8/c24-6-5-23(11-15(12-23)13-25)31-29-14-21(30-31)19-9-16(17-3-1-8-28-22(17)26)10-20-18(19)4-2-7-27-20/h1-4,7-10,14-15H,5,11-12H2,(H2,26,28)/t15-,23+. The summed E-state index contributed by atoms with van der Waals surface area (Å²) in [4.78, 5) is 10.3. The number of hydrogen-bond donors (Lipinski definition) is 1. The first-order valence-electron chi connectivity index (χ1n) is 9.93. The molecule has 0 spiro atoms. The van der Waals surface area contributed by atoms with Crippen LogP contribution in [-0.4, -0.2) is 25.0 Å². The number of nitriles is 2. The molecule has 4 aromatic rings. The van der Waals surface area contributed by atoms with Gasteiger partial charge < -0.3 is 5.73 Å². The van der Waals surface area contributed by atoms with E-state index in [-0.39, 0.29) is 12.3 Å². The maximum atomic E-state index is 9.31. The quantitative estimate of drug-likeness (QED) is 0.547. The number of nitrogens with two attached hydrogens (primary N) is 1. The molecule has 150 valence electrons. The summed E-state index contributed by atoms with van der Waals surface area (Å²) in [5.41, 5.74) is 9.67. The average molecular weight is 406 g/mol. The number of rotatable bonds is 4. The second kappa shape index (κ2) is 7.19. The molecular formula is C23H18N8. The first-order valence-corrected chi connectivity index (χ1v) is 9.93. The van der Waals surface area contributed by atoms with Crippen LogP contribution in [0, 0.1) is 28.6 Å². The van der Waals surface area contributed by atoms with E-state index < -0.39 is 5.54 Å². The molecule has 3 aromatic heterocycles. The monoisotopic (exact) mass is 406 g/mol. The molecule has 1 aliphatic carbocycles. The van der Waals surface area contributed by atoms with Crippen molar-refractivity contribution in [3.8, 4) is 34.5 Å². The summed E-state index contributed by atoms with van der Waals surface area (Å²) in [5.74, 6) is 0.377. The maximum absolute atomic E-state index is 9.31. The molecule has 31 heavy (non-hydrogen) atoms. The summed E-state index contributed by atoms with van der Waals surface area (Å²) < 4.78 is 0. The van der Waals surface area contributed by atoms with Gasteiger partial charge in [0.1, 0.15) is 11.5 Å². The van der Waals surface area contributed by atoms with E-state index in [1.165, 1.54) is 0 Å². The van der Waals surface area contributed by atoms with Crippen LogP contribution in [0.1, 0.15) is 19.3 Å². The highest BCUT2D eigenvalue weighted by Crippen LogP contribution is 2.45. The van der Waals surface area contributed by atoms with Gasteiger partial charge in [0.05, 0.1) is 41.7 Å². The fraction of sp³-hybridized carbons (Fsp3) is 0.217. The Kier molecular flexibility index (Phi) is 4.34. The summed E-state index contributed by atoms with van der Waals surface area (Å²) >= 11 is 0. The third-order valence-corrected chi connectivity index (χ3v) is 5.91. The van der Waals surface area contributed by atoms with Crippen molar-refractivity contribution in [2.45, 2.75) is 24.8 Å². The van der Waals surface area contributed by atoms with Gasteiger partial charge in [-0.3, -0.25) is 4.98 Å². The molecular weight excluding hydrogens is 388 g/mol. The van der Waals surface area contributed by atoms with Crippen LogP contribution >= 0.6 is 0 Å². The summed E-state index contributed by atoms with van der Waals surface area (Å²) in [6.45, 7) is 0. The van der Waals surface area contributed by atoms with Gasteiger partial charge in [-0.15, -0.1) is 0 Å². The number of anilines is 1. The lowest BCUT2D eigenvalue weighted by atomic mass is 9.68. The molecule has 0 atom stereocenters. The van der Waals surface area contributed by atoms with E-state index in [0.717, 1.165) is 27.6 Å². The van der Waals surface area contributed by atoms with Crippen LogP contribution in [0.5, 0.6) is 0 Å². The van der Waals surface area contributed by atoms with Crippen molar-refractivity contribution in [3.63, 3.8) is 0 Å². The van der Waals surface area contributed by atoms with E-state index >= 15 is 0 Å². The molecule has 0 bridgehead atoms. The number of fused-ring (bicyclic) bond motifs is 1. The molecule has 0 unspecified atom stereocenters. The highest BCUT2D eigenvalue weighted by Gasteiger charge is 2.48. The third-order valence-electron chi connectivity index (χ3n) is 5.91. The van der Waals surface area contributed by atoms with Gasteiger partial charge in [0.25, 0.3) is 0 Å². The highest BCUT2D eigenvalue weighted by atomic mass is 15.5. The SMILES string of the molecule is N#CC[C@]1(n2ncc(-c3cc(-c4cccnc4N)cc4ncccc34)n2)C[C@@H](C#N)C1. The first-order chi connectivity index (χ1) is 15.1. The van der Waals surface area contributed by atoms with E-state index in [1.807, 2.05) is 36.4 Å². The van der Waals surface area contributed by atoms with Crippen LogP contribution in [0.2, 0.25) is 0 Å². The van der Waals surface area contributed by atoms with E-state index in [9.17, 15) is 10.5 Å². The van der Waals surface area contributed by atoms with Crippen LogP contribution in [-0.2, 0) is 5.54 Å². The van der Waals surface area contributed by atoms with Crippen molar-refractivity contribution in [2.75, 3.05) is 5.73 Å². The molecule has 3 heterocycles. The van der Waals surface area contributed by atoms with Crippen LogP contribution in [0.25, 0.3) is 33.3 Å². The first kappa shape index (κ1) is 18.7. The average Bonchev–Trinajstić information content (AvgIpc) is 3.26. The van der Waals surface area contributed by atoms with E-state index in [1.54, 1.807) is 23.4 Å². The topological polar surface area (TPSA) is 130 Å². The number of nitrogens with zero attached hydrogens (tertiary/aromatic N) is 7. The molecule has 0 aliphatic heterocycles. The molecule has 0 saturated heterocycles. The summed E-state index contributed by atoms with van der Waals surface area (Å²) in [6, 6.07) is 16.1. The zero-order valence-corrected chi connectivity index (χ0v) is 16.6. The molecule has 1 aromatic carbocycles. The molecule has 0 radical (unpaired) electrons. The number of nitrogen functional groups attached to an aromatic ring is 1. The lowest BCUT2D eigenvalue weighted by molar-refractivity contribution is 0.0713. The van der Waals surface area contributed by atoms with E-state index in [4.69, 9.17) is 10.8 Å². The van der Waals surface area contributed by atoms with Crippen LogP contribution in [0.3, 0.4) is 0 Å². The second-order valence-electron chi connectivity index (χ2n) is 7.84. The fourth-order valence-electron chi connectivity index (χ4n) is 4.30. The fourth-order valence-corrected chi connectivity index (χ4v) is 4.30. The minimum absolute atomic E-state index is 0.0651. The Bertz CT molecular complexity index is 1370. The van der Waals surface area contributed by atoms with Gasteiger partial charge in [-0.2, -0.15) is 25.5 Å². The Labute approximate surface area is 178 Å². The molecule has 2 N–H and O–H groups in total. The Hall–Kier alpha value is -4.30. The molecule has 1 aliphatic rings. The highest BCUT2D eigenvalue weighted by molar-refractivity contribution is 5.98. The summed E-state index contributed by atoms with van der Waals surface area (Å²) in [6.07, 6.45) is 6.55. The van der Waals surface area contributed by atoms with Crippen molar-refractivity contribution in [2.24, 2.45) is 5.92 Å². The van der Waals surface area contributed by atoms with Crippen molar-refractivity contribution >= 4 is 16.7 Å². The minimum Gasteiger partial charge on any atom is -0.383 e. The Balaban J connectivity index is 1.64. The van der Waals surface area contributed by atoms with Crippen molar-refractivity contribution < 1.29 is 0 Å². The van der Waals surface area contributed by atoms with Gasteiger partial charge in [-0.05, 0) is 48.7 Å². The Morgan fingerprint density at radius 2 is 1.90 bits per heavy atom. The summed E-state index contributed by atoms with van der Waals surface area (Å²) in [7, 11) is 0. The Morgan fingerprint density at radius 1 is 1.10 bits per heavy atom.